The highest BCUT2D eigenvalue weighted by Gasteiger charge is 2.18. The van der Waals surface area contributed by atoms with Crippen molar-refractivity contribution < 1.29 is 14.7 Å². The molecule has 1 aromatic carbocycles. The smallest absolute Gasteiger partial charge is 0.341 e. The zero-order valence-electron chi connectivity index (χ0n) is 11.3. The average Bonchev–Trinajstić information content (AvgIpc) is 2.46. The minimum absolute atomic E-state index is 0.180. The third kappa shape index (κ3) is 2.84. The third-order valence-electron chi connectivity index (χ3n) is 3.12. The van der Waals surface area contributed by atoms with Gasteiger partial charge in [-0.2, -0.15) is 0 Å². The van der Waals surface area contributed by atoms with Gasteiger partial charge in [0, 0.05) is 22.5 Å². The first-order chi connectivity index (χ1) is 9.93. The van der Waals surface area contributed by atoms with Crippen molar-refractivity contribution in [3.05, 3.63) is 63.1 Å². The average molecular weight is 286 g/mol. The van der Waals surface area contributed by atoms with Gasteiger partial charge in [-0.05, 0) is 36.8 Å². The van der Waals surface area contributed by atoms with Gasteiger partial charge in [0.25, 0.3) is 5.56 Å². The van der Waals surface area contributed by atoms with Gasteiger partial charge in [0.2, 0.25) is 0 Å². The van der Waals surface area contributed by atoms with Gasteiger partial charge in [-0.15, -0.1) is 0 Å². The van der Waals surface area contributed by atoms with Crippen LogP contribution in [-0.2, 0) is 6.42 Å². The lowest BCUT2D eigenvalue weighted by Gasteiger charge is -2.08. The number of carboxylic acid groups (broad SMARTS) is 1. The molecule has 2 rings (SSSR count). The second kappa shape index (κ2) is 5.62. The van der Waals surface area contributed by atoms with Crippen LogP contribution < -0.4 is 11.3 Å². The number of ketones is 1. The molecular formula is C15H14N2O4. The highest BCUT2D eigenvalue weighted by atomic mass is 16.4. The molecule has 1 aromatic heterocycles. The molecule has 0 aliphatic heterocycles. The number of aryl methyl sites for hydroxylation is 1. The number of nitrogens with two attached hydrogens (primary N) is 1. The minimum atomic E-state index is -1.37. The van der Waals surface area contributed by atoms with E-state index in [1.165, 1.54) is 0 Å². The summed E-state index contributed by atoms with van der Waals surface area (Å²) in [6, 6.07) is 7.41. The summed E-state index contributed by atoms with van der Waals surface area (Å²) in [7, 11) is 0. The Labute approximate surface area is 120 Å². The number of H-pyrrole nitrogens is 1. The van der Waals surface area contributed by atoms with Crippen molar-refractivity contribution in [2.24, 2.45) is 0 Å². The number of nitrogen functional groups attached to an aromatic ring is 1. The Bertz CT molecular complexity index is 760. The molecule has 0 aliphatic rings. The summed E-state index contributed by atoms with van der Waals surface area (Å²) in [5.41, 5.74) is 5.89. The fraction of sp³-hybridized carbons (Fsp3) is 0.133. The maximum atomic E-state index is 12.5. The maximum absolute atomic E-state index is 12.5. The molecular weight excluding hydrogens is 272 g/mol. The van der Waals surface area contributed by atoms with E-state index in [-0.39, 0.29) is 11.3 Å². The Morgan fingerprint density at radius 2 is 1.81 bits per heavy atom. The number of pyridine rings is 1. The van der Waals surface area contributed by atoms with Crippen LogP contribution in [0.3, 0.4) is 0 Å². The normalized spacial score (nSPS) is 10.3. The summed E-state index contributed by atoms with van der Waals surface area (Å²) >= 11 is 0. The lowest BCUT2D eigenvalue weighted by molar-refractivity contribution is 0.0695. The highest BCUT2D eigenvalue weighted by Crippen LogP contribution is 2.15. The molecule has 0 fully saturated rings. The van der Waals surface area contributed by atoms with E-state index < -0.39 is 17.1 Å². The summed E-state index contributed by atoms with van der Waals surface area (Å²) in [4.78, 5) is 37.6. The van der Waals surface area contributed by atoms with Gasteiger partial charge < -0.3 is 15.8 Å². The largest absolute Gasteiger partial charge is 0.477 e. The molecule has 2 aromatic rings. The molecule has 0 saturated carbocycles. The summed E-state index contributed by atoms with van der Waals surface area (Å²) in [5, 5.41) is 8.99. The number of aromatic carboxylic acids is 1. The lowest BCUT2D eigenvalue weighted by atomic mass is 9.99. The predicted molar refractivity (Wildman–Crippen MR) is 77.7 cm³/mol. The van der Waals surface area contributed by atoms with Crippen molar-refractivity contribution >= 4 is 17.4 Å². The van der Waals surface area contributed by atoms with Gasteiger partial charge >= 0.3 is 5.97 Å². The zero-order chi connectivity index (χ0) is 15.6. The molecule has 0 unspecified atom stereocenters. The first-order valence-corrected chi connectivity index (χ1v) is 6.33. The van der Waals surface area contributed by atoms with Crippen LogP contribution in [0.25, 0.3) is 0 Å². The van der Waals surface area contributed by atoms with Gasteiger partial charge in [0.1, 0.15) is 5.56 Å². The predicted octanol–water partition coefficient (Wildman–Crippen LogP) is 1.45. The van der Waals surface area contributed by atoms with E-state index in [0.29, 0.717) is 23.4 Å². The first-order valence-electron chi connectivity index (χ1n) is 6.33. The van der Waals surface area contributed by atoms with Crippen LogP contribution in [0.4, 0.5) is 5.69 Å². The van der Waals surface area contributed by atoms with Crippen LogP contribution in [0.1, 0.15) is 38.9 Å². The van der Waals surface area contributed by atoms with Crippen LogP contribution in [-0.4, -0.2) is 21.8 Å². The van der Waals surface area contributed by atoms with Crippen molar-refractivity contribution in [1.29, 1.82) is 0 Å². The molecule has 1 heterocycles. The molecule has 0 radical (unpaired) electrons. The van der Waals surface area contributed by atoms with E-state index in [1.54, 1.807) is 31.2 Å². The van der Waals surface area contributed by atoms with Crippen LogP contribution in [0.2, 0.25) is 0 Å². The number of carboxylic acids is 1. The quantitative estimate of drug-likeness (QED) is 0.581. The number of carbonyl (C=O) groups excluding carboxylic acids is 1. The number of hydrogen-bond acceptors (Lipinski definition) is 4. The van der Waals surface area contributed by atoms with Crippen LogP contribution in [0.15, 0.2) is 35.1 Å². The van der Waals surface area contributed by atoms with E-state index in [4.69, 9.17) is 10.8 Å². The Balaban J connectivity index is 2.58. The molecule has 6 nitrogen and oxygen atoms in total. The van der Waals surface area contributed by atoms with Crippen LogP contribution in [0, 0.1) is 0 Å². The number of carbonyl (C=O) groups is 2. The zero-order valence-corrected chi connectivity index (χ0v) is 11.3. The second-order valence-electron chi connectivity index (χ2n) is 4.51. The molecule has 4 N–H and O–H groups in total. The molecule has 0 saturated heterocycles. The van der Waals surface area contributed by atoms with E-state index in [9.17, 15) is 14.4 Å². The number of aromatic nitrogens is 1. The number of rotatable bonds is 4. The Kier molecular flexibility index (Phi) is 3.89. The van der Waals surface area contributed by atoms with Crippen molar-refractivity contribution in [2.75, 3.05) is 5.73 Å². The Morgan fingerprint density at radius 1 is 1.19 bits per heavy atom. The number of nitrogens with one attached hydrogen (secondary N) is 1. The molecule has 0 atom stereocenters. The standard InChI is InChI=1S/C15H14N2O4/c1-2-12-10(7-11(15(20)21)14(19)17-12)13(18)8-3-5-9(16)6-4-8/h3-7H,2,16H2,1H3,(H,17,19)(H,20,21). The van der Waals surface area contributed by atoms with Gasteiger partial charge in [-0.1, -0.05) is 6.92 Å². The molecule has 21 heavy (non-hydrogen) atoms. The summed E-state index contributed by atoms with van der Waals surface area (Å²) in [6.45, 7) is 1.77. The van der Waals surface area contributed by atoms with E-state index in [0.717, 1.165) is 6.07 Å². The summed E-state index contributed by atoms with van der Waals surface area (Å²) in [5.74, 6) is -1.73. The number of aromatic amines is 1. The molecule has 0 aliphatic carbocycles. The number of benzene rings is 1. The third-order valence-corrected chi connectivity index (χ3v) is 3.12. The van der Waals surface area contributed by atoms with Crippen LogP contribution >= 0.6 is 0 Å². The monoisotopic (exact) mass is 286 g/mol. The van der Waals surface area contributed by atoms with Gasteiger partial charge in [-0.3, -0.25) is 9.59 Å². The first kappa shape index (κ1) is 14.5. The van der Waals surface area contributed by atoms with Gasteiger partial charge in [-0.25, -0.2) is 4.79 Å². The highest BCUT2D eigenvalue weighted by molar-refractivity contribution is 6.10. The van der Waals surface area contributed by atoms with Gasteiger partial charge in [0.05, 0.1) is 0 Å². The Hall–Kier alpha value is -2.89. The topological polar surface area (TPSA) is 113 Å². The van der Waals surface area contributed by atoms with Crippen LogP contribution in [0.5, 0.6) is 0 Å². The second-order valence-corrected chi connectivity index (χ2v) is 4.51. The fourth-order valence-electron chi connectivity index (χ4n) is 2.00. The lowest BCUT2D eigenvalue weighted by Crippen LogP contribution is -2.22. The molecule has 0 spiro atoms. The van der Waals surface area contributed by atoms with E-state index in [2.05, 4.69) is 4.98 Å². The number of hydrogen-bond donors (Lipinski definition) is 3. The van der Waals surface area contributed by atoms with E-state index in [1.807, 2.05) is 0 Å². The SMILES string of the molecule is CCc1[nH]c(=O)c(C(=O)O)cc1C(=O)c1ccc(N)cc1. The maximum Gasteiger partial charge on any atom is 0.341 e. The van der Waals surface area contributed by atoms with Crippen molar-refractivity contribution in [2.45, 2.75) is 13.3 Å². The van der Waals surface area contributed by atoms with E-state index >= 15 is 0 Å². The number of anilines is 1. The molecule has 0 amide bonds. The molecule has 0 bridgehead atoms. The minimum Gasteiger partial charge on any atom is -0.477 e. The summed E-state index contributed by atoms with van der Waals surface area (Å²) in [6.07, 6.45) is 0.408. The molecule has 6 heteroatoms. The fourth-order valence-corrected chi connectivity index (χ4v) is 2.00. The van der Waals surface area contributed by atoms with Crippen molar-refractivity contribution in [3.8, 4) is 0 Å². The van der Waals surface area contributed by atoms with Gasteiger partial charge in [0.15, 0.2) is 5.78 Å². The summed E-state index contributed by atoms with van der Waals surface area (Å²) < 4.78 is 0. The molecule has 108 valence electrons. The van der Waals surface area contributed by atoms with Crippen molar-refractivity contribution in [3.63, 3.8) is 0 Å². The Morgan fingerprint density at radius 3 is 2.33 bits per heavy atom. The van der Waals surface area contributed by atoms with Crippen molar-refractivity contribution in [1.82, 2.24) is 4.98 Å².